The molecule has 4 aliphatic carbocycles. The van der Waals surface area contributed by atoms with Crippen molar-refractivity contribution in [3.05, 3.63) is 77.9 Å². The molecular formula is C28H26N2O5. The van der Waals surface area contributed by atoms with Gasteiger partial charge in [0.25, 0.3) is 0 Å². The Morgan fingerprint density at radius 1 is 0.943 bits per heavy atom. The highest BCUT2D eigenvalue weighted by Gasteiger charge is 2.67. The number of esters is 1. The number of benzene rings is 2. The number of likely N-dealkylation sites (tertiary alicyclic amines) is 1. The molecule has 0 spiro atoms. The topological polar surface area (TPSA) is 92.8 Å². The van der Waals surface area contributed by atoms with Crippen LogP contribution in [-0.2, 0) is 25.5 Å². The molecule has 7 nitrogen and oxygen atoms in total. The number of allylic oxidation sites excluding steroid dienone is 2. The van der Waals surface area contributed by atoms with Gasteiger partial charge in [0.2, 0.25) is 17.7 Å². The minimum Gasteiger partial charge on any atom is -0.465 e. The van der Waals surface area contributed by atoms with Crippen molar-refractivity contribution >= 4 is 29.4 Å². The van der Waals surface area contributed by atoms with E-state index in [1.165, 1.54) is 12.0 Å². The quantitative estimate of drug-likeness (QED) is 0.398. The Kier molecular flexibility index (Phi) is 5.09. The van der Waals surface area contributed by atoms with Crippen LogP contribution >= 0.6 is 0 Å². The van der Waals surface area contributed by atoms with Crippen LogP contribution in [0.5, 0.6) is 0 Å². The van der Waals surface area contributed by atoms with E-state index in [2.05, 4.69) is 17.5 Å². The van der Waals surface area contributed by atoms with Gasteiger partial charge in [-0.2, -0.15) is 0 Å². The average Bonchev–Trinajstić information content (AvgIpc) is 3.67. The van der Waals surface area contributed by atoms with Crippen molar-refractivity contribution in [3.8, 4) is 0 Å². The van der Waals surface area contributed by atoms with Gasteiger partial charge in [0.15, 0.2) is 0 Å². The van der Waals surface area contributed by atoms with Crippen LogP contribution in [0, 0.1) is 35.5 Å². The van der Waals surface area contributed by atoms with E-state index in [-0.39, 0.29) is 41.9 Å². The lowest BCUT2D eigenvalue weighted by Gasteiger charge is -2.37. The van der Waals surface area contributed by atoms with E-state index < -0.39 is 17.9 Å². The molecule has 0 unspecified atom stereocenters. The summed E-state index contributed by atoms with van der Waals surface area (Å²) in [6.07, 6.45) is 5.58. The van der Waals surface area contributed by atoms with Gasteiger partial charge in [0.05, 0.1) is 24.5 Å². The monoisotopic (exact) mass is 470 g/mol. The maximum Gasteiger partial charge on any atom is 0.337 e. The van der Waals surface area contributed by atoms with E-state index in [1.807, 2.05) is 30.3 Å². The Morgan fingerprint density at radius 2 is 1.54 bits per heavy atom. The molecule has 1 N–H and O–H groups in total. The van der Waals surface area contributed by atoms with Crippen LogP contribution in [0.15, 0.2) is 66.7 Å². The van der Waals surface area contributed by atoms with Crippen LogP contribution in [-0.4, -0.2) is 41.7 Å². The fourth-order valence-electron chi connectivity index (χ4n) is 6.46. The first-order valence-corrected chi connectivity index (χ1v) is 12.1. The van der Waals surface area contributed by atoms with Gasteiger partial charge in [-0.15, -0.1) is 0 Å². The average molecular weight is 471 g/mol. The lowest BCUT2D eigenvalue weighted by molar-refractivity contribution is -0.146. The van der Waals surface area contributed by atoms with Gasteiger partial charge in [-0.25, -0.2) is 4.79 Å². The molecule has 1 aliphatic heterocycles. The summed E-state index contributed by atoms with van der Waals surface area (Å²) in [4.78, 5) is 53.9. The third kappa shape index (κ3) is 3.49. The zero-order valence-electron chi connectivity index (χ0n) is 19.3. The maximum absolute atomic E-state index is 13.7. The highest BCUT2D eigenvalue weighted by Crippen LogP contribution is 2.65. The molecule has 2 saturated carbocycles. The molecule has 0 aromatic heterocycles. The van der Waals surface area contributed by atoms with Gasteiger partial charge in [0, 0.05) is 12.1 Å². The number of methoxy groups -OCH3 is 1. The van der Waals surface area contributed by atoms with Crippen LogP contribution in [0.25, 0.3) is 0 Å². The molecule has 178 valence electrons. The molecule has 0 radical (unpaired) electrons. The first-order chi connectivity index (χ1) is 17.0. The van der Waals surface area contributed by atoms with E-state index in [0.29, 0.717) is 23.1 Å². The van der Waals surface area contributed by atoms with E-state index in [0.717, 1.165) is 12.0 Å². The lowest BCUT2D eigenvalue weighted by atomic mass is 9.63. The molecule has 1 saturated heterocycles. The van der Waals surface area contributed by atoms with E-state index >= 15 is 0 Å². The van der Waals surface area contributed by atoms with Crippen molar-refractivity contribution < 1.29 is 23.9 Å². The first kappa shape index (κ1) is 21.8. The number of amides is 3. The molecule has 7 rings (SSSR count). The second-order valence-corrected chi connectivity index (χ2v) is 9.96. The van der Waals surface area contributed by atoms with Crippen LogP contribution < -0.4 is 5.32 Å². The second kappa shape index (κ2) is 8.18. The molecule has 5 aliphatic rings. The highest BCUT2D eigenvalue weighted by atomic mass is 16.5. The van der Waals surface area contributed by atoms with Gasteiger partial charge in [-0.1, -0.05) is 42.5 Å². The molecule has 1 heterocycles. The van der Waals surface area contributed by atoms with Gasteiger partial charge < -0.3 is 10.1 Å². The van der Waals surface area contributed by atoms with Gasteiger partial charge in [0.1, 0.15) is 6.04 Å². The molecule has 2 aromatic rings. The van der Waals surface area contributed by atoms with E-state index in [1.54, 1.807) is 24.3 Å². The molecule has 7 atom stereocenters. The predicted molar refractivity (Wildman–Crippen MR) is 127 cm³/mol. The van der Waals surface area contributed by atoms with E-state index in [4.69, 9.17) is 4.74 Å². The zero-order chi connectivity index (χ0) is 24.3. The molecule has 3 fully saturated rings. The van der Waals surface area contributed by atoms with Crippen molar-refractivity contribution in [2.45, 2.75) is 18.9 Å². The smallest absolute Gasteiger partial charge is 0.337 e. The maximum atomic E-state index is 13.7. The number of carbonyl (C=O) groups excluding carboxylic acids is 4. The Labute approximate surface area is 203 Å². The van der Waals surface area contributed by atoms with Gasteiger partial charge >= 0.3 is 5.97 Å². The van der Waals surface area contributed by atoms with Gasteiger partial charge in [-0.3, -0.25) is 19.3 Å². The number of imide groups is 1. The van der Waals surface area contributed by atoms with Gasteiger partial charge in [-0.05, 0) is 59.9 Å². The number of rotatable bonds is 6. The standard InChI is InChI=1S/C28H26N2O5/c1-35-28(34)16-7-9-17(10-8-16)29-25(31)22(13-15-5-3-2-4-6-15)30-26(32)23-18-11-12-19(21-14-20(18)21)24(23)27(30)33/h2-12,18-24H,13-14H2,1H3,(H,29,31)/t18-,19-,20-,21-,22-,23-,24+/m0/s1. The summed E-state index contributed by atoms with van der Waals surface area (Å²) >= 11 is 0. The fourth-order valence-corrected chi connectivity index (χ4v) is 6.46. The molecule has 3 amide bonds. The largest absolute Gasteiger partial charge is 0.465 e. The molecule has 7 heteroatoms. The van der Waals surface area contributed by atoms with Crippen LogP contribution in [0.4, 0.5) is 5.69 Å². The first-order valence-electron chi connectivity index (χ1n) is 12.1. The van der Waals surface area contributed by atoms with Crippen molar-refractivity contribution in [1.29, 1.82) is 0 Å². The normalized spacial score (nSPS) is 30.5. The highest BCUT2D eigenvalue weighted by molar-refractivity contribution is 6.10. The third-order valence-corrected chi connectivity index (χ3v) is 8.16. The third-order valence-electron chi connectivity index (χ3n) is 8.16. The van der Waals surface area contributed by atoms with Crippen molar-refractivity contribution in [1.82, 2.24) is 4.90 Å². The molecule has 2 bridgehead atoms. The number of nitrogens with zero attached hydrogens (tertiary/aromatic N) is 1. The summed E-state index contributed by atoms with van der Waals surface area (Å²) in [5, 5.41) is 2.85. The summed E-state index contributed by atoms with van der Waals surface area (Å²) in [5.41, 5.74) is 1.70. The Morgan fingerprint density at radius 3 is 2.11 bits per heavy atom. The minimum atomic E-state index is -0.959. The number of anilines is 1. The molecule has 35 heavy (non-hydrogen) atoms. The van der Waals surface area contributed by atoms with Crippen molar-refractivity contribution in [2.24, 2.45) is 35.5 Å². The minimum absolute atomic E-state index is 0.0998. The summed E-state index contributed by atoms with van der Waals surface area (Å²) < 4.78 is 4.72. The summed E-state index contributed by atoms with van der Waals surface area (Å²) in [6, 6.07) is 14.8. The molecule has 2 aromatic carbocycles. The van der Waals surface area contributed by atoms with E-state index in [9.17, 15) is 19.2 Å². The number of carbonyl (C=O) groups is 4. The van der Waals surface area contributed by atoms with Crippen molar-refractivity contribution in [2.75, 3.05) is 12.4 Å². The van der Waals surface area contributed by atoms with Crippen LogP contribution in [0.1, 0.15) is 22.3 Å². The predicted octanol–water partition coefficient (Wildman–Crippen LogP) is 3.08. The Balaban J connectivity index is 1.29. The SMILES string of the molecule is COC(=O)c1ccc(NC(=O)[C@H](Cc2ccccc2)N2C(=O)[C@@H]3[C@H]4C=C[C@@H]([C@@H]5C[C@@H]45)[C@@H]3C2=O)cc1. The second-order valence-electron chi connectivity index (χ2n) is 9.96. The zero-order valence-corrected chi connectivity index (χ0v) is 19.3. The molecular weight excluding hydrogens is 444 g/mol. The van der Waals surface area contributed by atoms with Crippen LogP contribution in [0.3, 0.4) is 0 Å². The summed E-state index contributed by atoms with van der Waals surface area (Å²) in [6.45, 7) is 0. The number of nitrogens with one attached hydrogen (secondary N) is 1. The number of hydrogen-bond acceptors (Lipinski definition) is 5. The fraction of sp³-hybridized carbons (Fsp3) is 0.357. The summed E-state index contributed by atoms with van der Waals surface area (Å²) in [7, 11) is 1.30. The lowest BCUT2D eigenvalue weighted by Crippen LogP contribution is -2.49. The number of hydrogen-bond donors (Lipinski definition) is 1. The number of ether oxygens (including phenoxy) is 1. The van der Waals surface area contributed by atoms with Crippen LogP contribution in [0.2, 0.25) is 0 Å². The Bertz CT molecular complexity index is 1200. The van der Waals surface area contributed by atoms with Crippen molar-refractivity contribution in [3.63, 3.8) is 0 Å². The summed E-state index contributed by atoms with van der Waals surface area (Å²) in [5.74, 6) is -0.852. The Hall–Kier alpha value is -3.74.